The predicted octanol–water partition coefficient (Wildman–Crippen LogP) is 4.96. The third kappa shape index (κ3) is 6.56. The van der Waals surface area contributed by atoms with E-state index in [0.29, 0.717) is 40.9 Å². The van der Waals surface area contributed by atoms with E-state index < -0.39 is 5.97 Å². The summed E-state index contributed by atoms with van der Waals surface area (Å²) in [4.78, 5) is 24.1. The zero-order valence-electron chi connectivity index (χ0n) is 17.3. The summed E-state index contributed by atoms with van der Waals surface area (Å²) in [6.07, 6.45) is 4.03. The van der Waals surface area contributed by atoms with Crippen molar-refractivity contribution in [2.45, 2.75) is 25.2 Å². The lowest BCUT2D eigenvalue weighted by Crippen LogP contribution is -2.02. The number of benzene rings is 2. The van der Waals surface area contributed by atoms with Crippen molar-refractivity contribution in [2.24, 2.45) is 0 Å². The molecule has 6 nitrogen and oxygen atoms in total. The molecule has 0 saturated heterocycles. The van der Waals surface area contributed by atoms with Gasteiger partial charge in [-0.05, 0) is 49.8 Å². The van der Waals surface area contributed by atoms with E-state index in [0.717, 1.165) is 23.7 Å². The number of ether oxygens (including phenoxy) is 3. The van der Waals surface area contributed by atoms with Crippen LogP contribution in [0.2, 0.25) is 0 Å². The Balaban J connectivity index is 2.24. The number of aliphatic carboxylic acids is 1. The van der Waals surface area contributed by atoms with Crippen molar-refractivity contribution in [3.63, 3.8) is 0 Å². The molecule has 30 heavy (non-hydrogen) atoms. The molecule has 0 unspecified atom stereocenters. The van der Waals surface area contributed by atoms with Gasteiger partial charge in [-0.3, -0.25) is 9.59 Å². The lowest BCUT2D eigenvalue weighted by Gasteiger charge is -2.14. The van der Waals surface area contributed by atoms with E-state index in [2.05, 4.69) is 0 Å². The maximum atomic E-state index is 12.7. The normalized spacial score (nSPS) is 10.8. The number of rotatable bonds is 12. The molecule has 0 radical (unpaired) electrons. The average Bonchev–Trinajstić information content (AvgIpc) is 2.75. The van der Waals surface area contributed by atoms with Crippen LogP contribution >= 0.6 is 11.8 Å². The first-order chi connectivity index (χ1) is 14.5. The molecule has 0 fully saturated rings. The van der Waals surface area contributed by atoms with Gasteiger partial charge in [0.15, 0.2) is 17.3 Å². The van der Waals surface area contributed by atoms with Crippen LogP contribution in [0.15, 0.2) is 47.4 Å². The van der Waals surface area contributed by atoms with Crippen LogP contribution in [-0.2, 0) is 4.79 Å². The molecule has 7 heteroatoms. The van der Waals surface area contributed by atoms with Crippen LogP contribution in [0.3, 0.4) is 0 Å². The molecule has 0 saturated carbocycles. The Bertz CT molecular complexity index is 907. The van der Waals surface area contributed by atoms with Gasteiger partial charge in [0.1, 0.15) is 5.75 Å². The molecule has 0 bridgehead atoms. The van der Waals surface area contributed by atoms with Crippen molar-refractivity contribution >= 4 is 29.6 Å². The summed E-state index contributed by atoms with van der Waals surface area (Å²) in [5.41, 5.74) is 1.20. The summed E-state index contributed by atoms with van der Waals surface area (Å²) in [5.74, 6) is 0.517. The molecular formula is C23H26O6S. The van der Waals surface area contributed by atoms with Gasteiger partial charge >= 0.3 is 5.97 Å². The van der Waals surface area contributed by atoms with Gasteiger partial charge in [-0.1, -0.05) is 19.1 Å². The Morgan fingerprint density at radius 1 is 1.10 bits per heavy atom. The second-order valence-corrected chi connectivity index (χ2v) is 7.22. The first-order valence-electron chi connectivity index (χ1n) is 9.63. The summed E-state index contributed by atoms with van der Waals surface area (Å²) >= 11 is 1.14. The smallest absolute Gasteiger partial charge is 0.313 e. The maximum Gasteiger partial charge on any atom is 0.313 e. The topological polar surface area (TPSA) is 82.1 Å². The molecule has 2 aromatic carbocycles. The highest BCUT2D eigenvalue weighted by molar-refractivity contribution is 8.00. The van der Waals surface area contributed by atoms with E-state index >= 15 is 0 Å². The van der Waals surface area contributed by atoms with Gasteiger partial charge in [-0.25, -0.2) is 0 Å². The molecule has 1 N–H and O–H groups in total. The molecular weight excluding hydrogens is 404 g/mol. The Labute approximate surface area is 180 Å². The number of allylic oxidation sites excluding steroid dienone is 1. The summed E-state index contributed by atoms with van der Waals surface area (Å²) in [6.45, 7) is 4.99. The molecule has 0 aromatic heterocycles. The standard InChI is InChI=1S/C23H26O6S/c1-4-13-29-23-16(7-6-8-19(23)28-5-2)9-11-18(24)17-10-12-21(20(14-17)27-3)30-15-22(25)26/h6-12,14H,4-5,13,15H2,1-3H3,(H,25,26). The van der Waals surface area contributed by atoms with E-state index in [1.54, 1.807) is 24.3 Å². The summed E-state index contributed by atoms with van der Waals surface area (Å²) in [7, 11) is 1.49. The fourth-order valence-corrected chi connectivity index (χ4v) is 3.36. The fraction of sp³-hybridized carbons (Fsp3) is 0.304. The molecule has 160 valence electrons. The SMILES string of the molecule is CCCOc1c(C=CC(=O)c2ccc(SCC(=O)O)c(OC)c2)cccc1OCC. The lowest BCUT2D eigenvalue weighted by molar-refractivity contribution is -0.133. The van der Waals surface area contributed by atoms with E-state index in [1.165, 1.54) is 13.2 Å². The molecule has 0 aliphatic carbocycles. The Morgan fingerprint density at radius 2 is 1.90 bits per heavy atom. The molecule has 0 spiro atoms. The number of ketones is 1. The zero-order chi connectivity index (χ0) is 21.9. The van der Waals surface area contributed by atoms with Crippen molar-refractivity contribution in [1.29, 1.82) is 0 Å². The van der Waals surface area contributed by atoms with Crippen molar-refractivity contribution in [1.82, 2.24) is 0 Å². The summed E-state index contributed by atoms with van der Waals surface area (Å²) < 4.78 is 16.8. The highest BCUT2D eigenvalue weighted by Gasteiger charge is 2.12. The number of para-hydroxylation sites is 1. The number of carbonyl (C=O) groups is 2. The van der Waals surface area contributed by atoms with Crippen molar-refractivity contribution in [3.8, 4) is 17.2 Å². The van der Waals surface area contributed by atoms with Crippen LogP contribution in [0.5, 0.6) is 17.2 Å². The highest BCUT2D eigenvalue weighted by Crippen LogP contribution is 2.33. The third-order valence-electron chi connectivity index (χ3n) is 3.97. The number of carboxylic acid groups (broad SMARTS) is 1. The summed E-state index contributed by atoms with van der Waals surface area (Å²) in [5, 5.41) is 8.84. The number of methoxy groups -OCH3 is 1. The zero-order valence-corrected chi connectivity index (χ0v) is 18.2. The minimum Gasteiger partial charge on any atom is -0.496 e. The summed E-state index contributed by atoms with van der Waals surface area (Å²) in [6, 6.07) is 10.5. The first-order valence-corrected chi connectivity index (χ1v) is 10.6. The second-order valence-electron chi connectivity index (χ2n) is 6.20. The Kier molecular flexibility index (Phi) is 9.28. The van der Waals surface area contributed by atoms with Crippen LogP contribution < -0.4 is 14.2 Å². The Hall–Kier alpha value is -2.93. The van der Waals surface area contributed by atoms with Crippen LogP contribution in [0, 0.1) is 0 Å². The van der Waals surface area contributed by atoms with Gasteiger partial charge in [-0.2, -0.15) is 0 Å². The predicted molar refractivity (Wildman–Crippen MR) is 118 cm³/mol. The fourth-order valence-electron chi connectivity index (χ4n) is 2.63. The molecule has 0 aliphatic rings. The van der Waals surface area contributed by atoms with Crippen LogP contribution in [0.25, 0.3) is 6.08 Å². The molecule has 0 amide bonds. The minimum atomic E-state index is -0.916. The van der Waals surface area contributed by atoms with E-state index in [9.17, 15) is 9.59 Å². The molecule has 0 atom stereocenters. The van der Waals surface area contributed by atoms with Gasteiger partial charge in [-0.15, -0.1) is 11.8 Å². The number of hydrogen-bond acceptors (Lipinski definition) is 6. The second kappa shape index (κ2) is 11.9. The van der Waals surface area contributed by atoms with E-state index in [4.69, 9.17) is 19.3 Å². The minimum absolute atomic E-state index is 0.0831. The Morgan fingerprint density at radius 3 is 2.57 bits per heavy atom. The molecule has 0 aliphatic heterocycles. The van der Waals surface area contributed by atoms with Gasteiger partial charge in [0.25, 0.3) is 0 Å². The van der Waals surface area contributed by atoms with E-state index in [1.807, 2.05) is 32.0 Å². The lowest BCUT2D eigenvalue weighted by atomic mass is 10.1. The van der Waals surface area contributed by atoms with Crippen LogP contribution in [0.1, 0.15) is 36.2 Å². The van der Waals surface area contributed by atoms with Crippen LogP contribution in [-0.4, -0.2) is 42.9 Å². The molecule has 0 heterocycles. The highest BCUT2D eigenvalue weighted by atomic mass is 32.2. The van der Waals surface area contributed by atoms with Gasteiger partial charge < -0.3 is 19.3 Å². The van der Waals surface area contributed by atoms with Gasteiger partial charge in [0.05, 0.1) is 26.1 Å². The third-order valence-corrected chi connectivity index (χ3v) is 5.01. The average molecular weight is 431 g/mol. The first kappa shape index (κ1) is 23.3. The van der Waals surface area contributed by atoms with Crippen LogP contribution in [0.4, 0.5) is 0 Å². The van der Waals surface area contributed by atoms with Gasteiger partial charge in [0.2, 0.25) is 0 Å². The molecule has 2 aromatic rings. The van der Waals surface area contributed by atoms with Gasteiger partial charge in [0, 0.05) is 16.0 Å². The number of thioether (sulfide) groups is 1. The van der Waals surface area contributed by atoms with Crippen molar-refractivity contribution in [2.75, 3.05) is 26.1 Å². The maximum absolute atomic E-state index is 12.7. The monoisotopic (exact) mass is 430 g/mol. The van der Waals surface area contributed by atoms with E-state index in [-0.39, 0.29) is 11.5 Å². The number of carbonyl (C=O) groups excluding carboxylic acids is 1. The largest absolute Gasteiger partial charge is 0.496 e. The quantitative estimate of drug-likeness (QED) is 0.290. The van der Waals surface area contributed by atoms with Crippen molar-refractivity contribution < 1.29 is 28.9 Å². The number of hydrogen-bond donors (Lipinski definition) is 1. The van der Waals surface area contributed by atoms with Crippen molar-refractivity contribution in [3.05, 3.63) is 53.6 Å². The molecule has 2 rings (SSSR count). The number of carboxylic acids is 1.